The Hall–Kier alpha value is -0.550. The summed E-state index contributed by atoms with van der Waals surface area (Å²) in [6.07, 6.45) is 4.20. The van der Waals surface area contributed by atoms with Crippen molar-refractivity contribution in [1.82, 2.24) is 0 Å². The Labute approximate surface area is 125 Å². The van der Waals surface area contributed by atoms with E-state index >= 15 is 0 Å². The van der Waals surface area contributed by atoms with Gasteiger partial charge in [-0.25, -0.2) is 0 Å². The first-order chi connectivity index (χ1) is 9.66. The van der Waals surface area contributed by atoms with Gasteiger partial charge in [0.25, 0.3) is 0 Å². The molecule has 3 nitrogen and oxygen atoms in total. The van der Waals surface area contributed by atoms with E-state index in [-0.39, 0.29) is 17.8 Å². The van der Waals surface area contributed by atoms with Crippen molar-refractivity contribution in [3.8, 4) is 0 Å². The summed E-state index contributed by atoms with van der Waals surface area (Å²) in [6, 6.07) is 10.1. The van der Waals surface area contributed by atoms with Crippen LogP contribution >= 0.6 is 11.8 Å². The predicted molar refractivity (Wildman–Crippen MR) is 81.8 cm³/mol. The molecule has 0 unspecified atom stereocenters. The van der Waals surface area contributed by atoms with Gasteiger partial charge in [0.1, 0.15) is 0 Å². The van der Waals surface area contributed by atoms with Gasteiger partial charge in [-0.15, -0.1) is 11.8 Å². The standard InChI is InChI=1S/C16H24O3S/c17-12-13(18)11-15(19)16(9-5-2-6-10-16)20-14-7-3-1-4-8-14/h1,3-4,7-8,13,15,17-19H,2,5-6,9-12H2/t13-,15+/m1/s1. The molecule has 2 atom stereocenters. The number of hydrogen-bond acceptors (Lipinski definition) is 4. The highest BCUT2D eigenvalue weighted by molar-refractivity contribution is 8.00. The van der Waals surface area contributed by atoms with Gasteiger partial charge >= 0.3 is 0 Å². The van der Waals surface area contributed by atoms with Gasteiger partial charge in [0.15, 0.2) is 0 Å². The first kappa shape index (κ1) is 15.8. The van der Waals surface area contributed by atoms with Crippen LogP contribution in [0, 0.1) is 0 Å². The summed E-state index contributed by atoms with van der Waals surface area (Å²) in [5.41, 5.74) is 0. The van der Waals surface area contributed by atoms with Crippen LogP contribution < -0.4 is 0 Å². The third-order valence-electron chi connectivity index (χ3n) is 4.08. The molecule has 2 rings (SSSR count). The first-order valence-corrected chi connectivity index (χ1v) is 8.19. The topological polar surface area (TPSA) is 60.7 Å². The van der Waals surface area contributed by atoms with Crippen molar-refractivity contribution in [2.75, 3.05) is 6.61 Å². The fourth-order valence-electron chi connectivity index (χ4n) is 2.92. The molecule has 0 saturated heterocycles. The van der Waals surface area contributed by atoms with E-state index in [1.54, 1.807) is 11.8 Å². The summed E-state index contributed by atoms with van der Waals surface area (Å²) < 4.78 is -0.226. The molecule has 0 spiro atoms. The summed E-state index contributed by atoms with van der Waals surface area (Å²) in [5, 5.41) is 29.2. The van der Waals surface area contributed by atoms with E-state index in [2.05, 4.69) is 12.1 Å². The fraction of sp³-hybridized carbons (Fsp3) is 0.625. The lowest BCUT2D eigenvalue weighted by atomic mass is 9.82. The molecule has 1 fully saturated rings. The first-order valence-electron chi connectivity index (χ1n) is 7.37. The lowest BCUT2D eigenvalue weighted by Gasteiger charge is -2.41. The van der Waals surface area contributed by atoms with Gasteiger partial charge in [-0.1, -0.05) is 37.5 Å². The van der Waals surface area contributed by atoms with Crippen LogP contribution in [-0.2, 0) is 0 Å². The molecule has 4 heteroatoms. The van der Waals surface area contributed by atoms with Crippen molar-refractivity contribution >= 4 is 11.8 Å². The Morgan fingerprint density at radius 2 is 1.70 bits per heavy atom. The van der Waals surface area contributed by atoms with E-state index in [0.29, 0.717) is 0 Å². The quantitative estimate of drug-likeness (QED) is 0.755. The lowest BCUT2D eigenvalue weighted by molar-refractivity contribution is 0.0196. The van der Waals surface area contributed by atoms with Crippen molar-refractivity contribution in [2.45, 2.75) is 60.4 Å². The zero-order valence-electron chi connectivity index (χ0n) is 11.7. The second-order valence-electron chi connectivity index (χ2n) is 5.63. The third-order valence-corrected chi connectivity index (χ3v) is 5.67. The van der Waals surface area contributed by atoms with Gasteiger partial charge in [-0.2, -0.15) is 0 Å². The minimum absolute atomic E-state index is 0.226. The SMILES string of the molecule is OC[C@H](O)C[C@H](O)C1(Sc2ccccc2)CCCCC1. The normalized spacial score (nSPS) is 21.4. The van der Waals surface area contributed by atoms with Crippen molar-refractivity contribution < 1.29 is 15.3 Å². The van der Waals surface area contributed by atoms with Crippen molar-refractivity contribution in [3.05, 3.63) is 30.3 Å². The van der Waals surface area contributed by atoms with Crippen molar-refractivity contribution in [2.24, 2.45) is 0 Å². The molecule has 1 aliphatic carbocycles. The molecule has 1 aliphatic rings. The number of hydrogen-bond donors (Lipinski definition) is 3. The molecule has 0 aliphatic heterocycles. The van der Waals surface area contributed by atoms with E-state index in [1.165, 1.54) is 6.42 Å². The maximum atomic E-state index is 10.6. The highest BCUT2D eigenvalue weighted by Crippen LogP contribution is 2.47. The van der Waals surface area contributed by atoms with E-state index in [0.717, 1.165) is 30.6 Å². The van der Waals surface area contributed by atoms with Gasteiger partial charge in [-0.05, 0) is 25.0 Å². The van der Waals surface area contributed by atoms with Crippen LogP contribution in [0.4, 0.5) is 0 Å². The minimum Gasteiger partial charge on any atom is -0.394 e. The number of aliphatic hydroxyl groups excluding tert-OH is 3. The average Bonchev–Trinajstić information content (AvgIpc) is 2.49. The van der Waals surface area contributed by atoms with Gasteiger partial charge in [0.05, 0.1) is 18.8 Å². The Kier molecular flexibility index (Phi) is 5.90. The van der Waals surface area contributed by atoms with Gasteiger partial charge < -0.3 is 15.3 Å². The summed E-state index contributed by atoms with van der Waals surface area (Å²) in [7, 11) is 0. The summed E-state index contributed by atoms with van der Waals surface area (Å²) >= 11 is 1.73. The molecule has 0 radical (unpaired) electrons. The number of thioether (sulfide) groups is 1. The minimum atomic E-state index is -0.833. The van der Waals surface area contributed by atoms with Crippen LogP contribution in [0.5, 0.6) is 0 Å². The summed E-state index contributed by atoms with van der Waals surface area (Å²) in [4.78, 5) is 1.16. The van der Waals surface area contributed by atoms with Gasteiger partial charge in [0, 0.05) is 16.1 Å². The fourth-order valence-corrected chi connectivity index (χ4v) is 4.41. The monoisotopic (exact) mass is 296 g/mol. The Balaban J connectivity index is 2.12. The molecular weight excluding hydrogens is 272 g/mol. The number of rotatable bonds is 6. The van der Waals surface area contributed by atoms with E-state index in [1.807, 2.05) is 18.2 Å². The van der Waals surface area contributed by atoms with E-state index in [9.17, 15) is 10.2 Å². The molecule has 1 aromatic rings. The molecular formula is C16H24O3S. The Morgan fingerprint density at radius 3 is 2.30 bits per heavy atom. The summed E-state index contributed by atoms with van der Waals surface area (Å²) in [6.45, 7) is -0.289. The molecule has 112 valence electrons. The zero-order valence-corrected chi connectivity index (χ0v) is 12.6. The molecule has 3 N–H and O–H groups in total. The molecule has 0 bridgehead atoms. The van der Waals surface area contributed by atoms with Crippen LogP contribution in [-0.4, -0.2) is 38.9 Å². The predicted octanol–water partition coefficient (Wildman–Crippen LogP) is 2.59. The maximum absolute atomic E-state index is 10.6. The van der Waals surface area contributed by atoms with Gasteiger partial charge in [-0.3, -0.25) is 0 Å². The molecule has 0 heterocycles. The van der Waals surface area contributed by atoms with E-state index < -0.39 is 12.2 Å². The number of benzene rings is 1. The molecule has 1 saturated carbocycles. The van der Waals surface area contributed by atoms with Crippen molar-refractivity contribution in [1.29, 1.82) is 0 Å². The second-order valence-corrected chi connectivity index (χ2v) is 7.12. The van der Waals surface area contributed by atoms with Crippen LogP contribution in [0.25, 0.3) is 0 Å². The maximum Gasteiger partial charge on any atom is 0.0796 e. The molecule has 20 heavy (non-hydrogen) atoms. The molecule has 1 aromatic carbocycles. The van der Waals surface area contributed by atoms with Crippen molar-refractivity contribution in [3.63, 3.8) is 0 Å². The number of aliphatic hydroxyl groups is 3. The van der Waals surface area contributed by atoms with Crippen LogP contribution in [0.1, 0.15) is 38.5 Å². The Morgan fingerprint density at radius 1 is 1.05 bits per heavy atom. The third kappa shape index (κ3) is 3.98. The zero-order chi connectivity index (χ0) is 14.4. The molecule has 0 aromatic heterocycles. The molecule has 0 amide bonds. The highest BCUT2D eigenvalue weighted by atomic mass is 32.2. The Bertz CT molecular complexity index is 390. The smallest absolute Gasteiger partial charge is 0.0796 e. The van der Waals surface area contributed by atoms with Crippen LogP contribution in [0.3, 0.4) is 0 Å². The average molecular weight is 296 g/mol. The second kappa shape index (κ2) is 7.46. The van der Waals surface area contributed by atoms with Gasteiger partial charge in [0.2, 0.25) is 0 Å². The largest absolute Gasteiger partial charge is 0.394 e. The highest BCUT2D eigenvalue weighted by Gasteiger charge is 2.40. The lowest BCUT2D eigenvalue weighted by Crippen LogP contribution is -2.43. The van der Waals surface area contributed by atoms with E-state index in [4.69, 9.17) is 5.11 Å². The summed E-state index contributed by atoms with van der Waals surface area (Å²) in [5.74, 6) is 0. The van der Waals surface area contributed by atoms with Crippen LogP contribution in [0.2, 0.25) is 0 Å². The van der Waals surface area contributed by atoms with Crippen LogP contribution in [0.15, 0.2) is 35.2 Å².